The van der Waals surface area contributed by atoms with Gasteiger partial charge in [-0.05, 0) is 37.8 Å². The van der Waals surface area contributed by atoms with Crippen molar-refractivity contribution in [2.24, 2.45) is 17.3 Å². The van der Waals surface area contributed by atoms with Gasteiger partial charge in [-0.1, -0.05) is 6.92 Å². The first-order chi connectivity index (χ1) is 8.86. The van der Waals surface area contributed by atoms with E-state index in [1.165, 1.54) is 0 Å². The number of carbonyl (C=O) groups excluding carboxylic acids is 2. The van der Waals surface area contributed by atoms with Gasteiger partial charge in [0.15, 0.2) is 0 Å². The maximum atomic E-state index is 12.3. The van der Waals surface area contributed by atoms with E-state index in [1.54, 1.807) is 0 Å². The second-order valence-corrected chi connectivity index (χ2v) is 6.42. The fraction of sp³-hybridized carbons (Fsp3) is 0.733. The third kappa shape index (κ3) is 1.55. The van der Waals surface area contributed by atoms with Crippen LogP contribution >= 0.6 is 0 Å². The van der Waals surface area contributed by atoms with E-state index in [4.69, 9.17) is 4.74 Å². The maximum absolute atomic E-state index is 12.3. The number of fused-ring (bicyclic) bond motifs is 3. The average Bonchev–Trinajstić information content (AvgIpc) is 2.63. The molecule has 0 amide bonds. The molecular formula is C15H20O4. The Labute approximate surface area is 112 Å². The zero-order valence-electron chi connectivity index (χ0n) is 11.6. The Morgan fingerprint density at radius 1 is 1.37 bits per heavy atom. The normalized spacial score (nSPS) is 45.9. The minimum atomic E-state index is -0.719. The molecular weight excluding hydrogens is 244 g/mol. The van der Waals surface area contributed by atoms with Crippen LogP contribution in [0.1, 0.15) is 40.0 Å². The van der Waals surface area contributed by atoms with Gasteiger partial charge in [-0.25, -0.2) is 0 Å². The number of ether oxygens (including phenoxy) is 1. The van der Waals surface area contributed by atoms with Gasteiger partial charge in [-0.2, -0.15) is 0 Å². The van der Waals surface area contributed by atoms with Crippen molar-refractivity contribution in [1.82, 2.24) is 0 Å². The largest absolute Gasteiger partial charge is 0.457 e. The Hall–Kier alpha value is -1.16. The molecule has 1 saturated heterocycles. The standard InChI is InChI=1S/C15H20O4/c1-7-9-4-5-15(3)11(17)6-10(16)8(2)12(15)13(9)19-14(7)18/h7,9-10,13,16H,4-6H2,1-3H3/t7-,9-,10-,13-,15-/m0/s1. The lowest BCUT2D eigenvalue weighted by Crippen LogP contribution is -2.48. The Morgan fingerprint density at radius 2 is 2.05 bits per heavy atom. The van der Waals surface area contributed by atoms with Crippen LogP contribution in [-0.4, -0.2) is 29.1 Å². The molecule has 5 atom stereocenters. The van der Waals surface area contributed by atoms with Crippen LogP contribution in [0.2, 0.25) is 0 Å². The number of esters is 1. The molecule has 0 spiro atoms. The van der Waals surface area contributed by atoms with Gasteiger partial charge in [0.25, 0.3) is 0 Å². The van der Waals surface area contributed by atoms with Crippen LogP contribution in [0, 0.1) is 17.3 Å². The van der Waals surface area contributed by atoms with Crippen molar-refractivity contribution in [2.75, 3.05) is 0 Å². The summed E-state index contributed by atoms with van der Waals surface area (Å²) in [5.74, 6) is -0.0469. The van der Waals surface area contributed by atoms with Gasteiger partial charge in [0.1, 0.15) is 11.9 Å². The highest BCUT2D eigenvalue weighted by molar-refractivity contribution is 5.91. The van der Waals surface area contributed by atoms with Crippen LogP contribution in [0.3, 0.4) is 0 Å². The molecule has 0 aromatic heterocycles. The van der Waals surface area contributed by atoms with Crippen LogP contribution in [0.25, 0.3) is 0 Å². The number of rotatable bonds is 0. The SMILES string of the molecule is CC1=C2[C@H]3OC(=O)[C@@H](C)[C@@H]3CC[C@@]2(C)C(=O)C[C@@H]1O. The van der Waals surface area contributed by atoms with Crippen molar-refractivity contribution in [3.05, 3.63) is 11.1 Å². The highest BCUT2D eigenvalue weighted by atomic mass is 16.6. The molecule has 4 nitrogen and oxygen atoms in total. The van der Waals surface area contributed by atoms with Crippen LogP contribution in [0.4, 0.5) is 0 Å². The lowest BCUT2D eigenvalue weighted by Gasteiger charge is -2.45. The third-order valence-electron chi connectivity index (χ3n) is 5.42. The van der Waals surface area contributed by atoms with Crippen molar-refractivity contribution in [2.45, 2.75) is 52.2 Å². The molecule has 0 aromatic carbocycles. The summed E-state index contributed by atoms with van der Waals surface area (Å²) in [4.78, 5) is 24.1. The first kappa shape index (κ1) is 12.9. The van der Waals surface area contributed by atoms with Crippen molar-refractivity contribution in [1.29, 1.82) is 0 Å². The quantitative estimate of drug-likeness (QED) is 0.533. The van der Waals surface area contributed by atoms with E-state index >= 15 is 0 Å². The van der Waals surface area contributed by atoms with Crippen molar-refractivity contribution in [3.8, 4) is 0 Å². The Balaban J connectivity index is 2.11. The predicted molar refractivity (Wildman–Crippen MR) is 68.2 cm³/mol. The Morgan fingerprint density at radius 3 is 2.74 bits per heavy atom. The average molecular weight is 264 g/mol. The van der Waals surface area contributed by atoms with Gasteiger partial charge in [-0.15, -0.1) is 0 Å². The summed E-state index contributed by atoms with van der Waals surface area (Å²) in [6, 6.07) is 0. The van der Waals surface area contributed by atoms with Gasteiger partial charge >= 0.3 is 5.97 Å². The van der Waals surface area contributed by atoms with Gasteiger partial charge in [0.2, 0.25) is 0 Å². The van der Waals surface area contributed by atoms with Crippen LogP contribution < -0.4 is 0 Å². The molecule has 2 fully saturated rings. The minimum absolute atomic E-state index is 0.0784. The molecule has 0 radical (unpaired) electrons. The zero-order valence-corrected chi connectivity index (χ0v) is 11.6. The predicted octanol–water partition coefficient (Wildman–Crippen LogP) is 1.61. The lowest BCUT2D eigenvalue weighted by atomic mass is 9.58. The van der Waals surface area contributed by atoms with Crippen LogP contribution in [-0.2, 0) is 14.3 Å². The molecule has 19 heavy (non-hydrogen) atoms. The molecule has 4 heteroatoms. The molecule has 0 aromatic rings. The minimum Gasteiger partial charge on any atom is -0.457 e. The summed E-state index contributed by atoms with van der Waals surface area (Å²) >= 11 is 0. The first-order valence-corrected chi connectivity index (χ1v) is 6.99. The fourth-order valence-electron chi connectivity index (χ4n) is 4.02. The lowest BCUT2D eigenvalue weighted by molar-refractivity contribution is -0.144. The summed E-state index contributed by atoms with van der Waals surface area (Å²) in [7, 11) is 0. The van der Waals surface area contributed by atoms with Crippen molar-refractivity contribution >= 4 is 11.8 Å². The number of hydrogen-bond donors (Lipinski definition) is 1. The highest BCUT2D eigenvalue weighted by Gasteiger charge is 2.56. The van der Waals surface area contributed by atoms with Crippen LogP contribution in [0.5, 0.6) is 0 Å². The number of carbonyl (C=O) groups is 2. The van der Waals surface area contributed by atoms with E-state index in [1.807, 2.05) is 20.8 Å². The number of ketones is 1. The van der Waals surface area contributed by atoms with E-state index in [-0.39, 0.29) is 36.1 Å². The first-order valence-electron chi connectivity index (χ1n) is 6.99. The number of Topliss-reactive ketones (excluding diaryl/α,β-unsaturated/α-hetero) is 1. The monoisotopic (exact) mass is 264 g/mol. The molecule has 0 unspecified atom stereocenters. The van der Waals surface area contributed by atoms with Gasteiger partial charge in [-0.3, -0.25) is 9.59 Å². The molecule has 3 rings (SSSR count). The molecule has 3 aliphatic rings. The van der Waals surface area contributed by atoms with Gasteiger partial charge in [0.05, 0.1) is 17.4 Å². The highest BCUT2D eigenvalue weighted by Crippen LogP contribution is 2.54. The van der Waals surface area contributed by atoms with Crippen LogP contribution in [0.15, 0.2) is 11.1 Å². The van der Waals surface area contributed by atoms with E-state index in [9.17, 15) is 14.7 Å². The fourth-order valence-corrected chi connectivity index (χ4v) is 4.02. The molecule has 1 N–H and O–H groups in total. The topological polar surface area (TPSA) is 63.6 Å². The van der Waals surface area contributed by atoms with Gasteiger partial charge < -0.3 is 9.84 Å². The summed E-state index contributed by atoms with van der Waals surface area (Å²) in [5, 5.41) is 10.0. The van der Waals surface area contributed by atoms with E-state index in [0.717, 1.165) is 24.0 Å². The van der Waals surface area contributed by atoms with E-state index in [2.05, 4.69) is 0 Å². The number of hydrogen-bond acceptors (Lipinski definition) is 4. The summed E-state index contributed by atoms with van der Waals surface area (Å²) in [6.45, 7) is 5.70. The summed E-state index contributed by atoms with van der Waals surface area (Å²) in [6.07, 6.45) is 0.761. The van der Waals surface area contributed by atoms with E-state index in [0.29, 0.717) is 0 Å². The second kappa shape index (κ2) is 3.92. The molecule has 1 heterocycles. The Bertz CT molecular complexity index is 492. The van der Waals surface area contributed by atoms with Crippen molar-refractivity contribution in [3.63, 3.8) is 0 Å². The number of aliphatic hydroxyl groups excluding tert-OH is 1. The molecule has 0 bridgehead atoms. The Kier molecular flexibility index (Phi) is 2.65. The smallest absolute Gasteiger partial charge is 0.309 e. The molecule has 1 saturated carbocycles. The number of aliphatic hydroxyl groups is 1. The third-order valence-corrected chi connectivity index (χ3v) is 5.42. The zero-order chi connectivity index (χ0) is 13.9. The molecule has 2 aliphatic carbocycles. The van der Waals surface area contributed by atoms with E-state index < -0.39 is 11.5 Å². The summed E-state index contributed by atoms with van der Waals surface area (Å²) < 4.78 is 5.52. The molecule has 104 valence electrons. The molecule has 1 aliphatic heterocycles. The summed E-state index contributed by atoms with van der Waals surface area (Å²) in [5.41, 5.74) is 1.17. The second-order valence-electron chi connectivity index (χ2n) is 6.42. The van der Waals surface area contributed by atoms with Gasteiger partial charge in [0, 0.05) is 12.3 Å². The maximum Gasteiger partial charge on any atom is 0.309 e. The van der Waals surface area contributed by atoms with Crippen molar-refractivity contribution < 1.29 is 19.4 Å².